The average Bonchev–Trinajstić information content (AvgIpc) is 3.54. The van der Waals surface area contributed by atoms with Crippen LogP contribution in [0.4, 0.5) is 17.1 Å². The van der Waals surface area contributed by atoms with Crippen LogP contribution in [0.3, 0.4) is 0 Å². The first kappa shape index (κ1) is 27.9. The molecule has 0 fully saturated rings. The number of nitrogens with zero attached hydrogens (tertiary/aromatic N) is 1. The number of rotatable bonds is 6. The lowest BCUT2D eigenvalue weighted by molar-refractivity contribution is 0.669. The summed E-state index contributed by atoms with van der Waals surface area (Å²) in [7, 11) is 0. The van der Waals surface area contributed by atoms with E-state index in [4.69, 9.17) is 4.42 Å². The van der Waals surface area contributed by atoms with E-state index in [0.717, 1.165) is 39.0 Å². The quantitative estimate of drug-likeness (QED) is 0.185. The molecule has 9 aromatic rings. The molecule has 0 aliphatic carbocycles. The van der Waals surface area contributed by atoms with Crippen LogP contribution in [0.25, 0.3) is 66.1 Å². The maximum Gasteiger partial charge on any atom is 0.137 e. The molecule has 0 saturated carbocycles. The van der Waals surface area contributed by atoms with Gasteiger partial charge in [-0.25, -0.2) is 0 Å². The highest BCUT2D eigenvalue weighted by atomic mass is 16.3. The van der Waals surface area contributed by atoms with Crippen molar-refractivity contribution in [2.24, 2.45) is 0 Å². The van der Waals surface area contributed by atoms with Crippen molar-refractivity contribution in [2.75, 3.05) is 4.90 Å². The molecule has 0 bridgehead atoms. The van der Waals surface area contributed by atoms with E-state index in [1.807, 2.05) is 0 Å². The van der Waals surface area contributed by atoms with Gasteiger partial charge in [0.1, 0.15) is 11.2 Å². The van der Waals surface area contributed by atoms with E-state index in [1.54, 1.807) is 0 Å². The monoisotopic (exact) mass is 613 g/mol. The molecule has 1 heterocycles. The minimum atomic E-state index is 0.865. The Morgan fingerprint density at radius 2 is 0.771 bits per heavy atom. The highest BCUT2D eigenvalue weighted by Crippen LogP contribution is 2.43. The molecule has 0 unspecified atom stereocenters. The smallest absolute Gasteiger partial charge is 0.137 e. The van der Waals surface area contributed by atoms with Crippen molar-refractivity contribution in [3.05, 3.63) is 188 Å². The molecule has 0 spiro atoms. The summed E-state index contributed by atoms with van der Waals surface area (Å²) in [6.45, 7) is 0. The maximum absolute atomic E-state index is 6.71. The fraction of sp³-hybridized carbons (Fsp3) is 0. The minimum Gasteiger partial charge on any atom is -0.456 e. The standard InChI is InChI=1S/C46H31NO/c1-4-12-32(13-5-1)34-20-24-37(25-21-34)47(38-26-22-35(23-27-38)33-14-6-2-7-15-33)39-28-29-42-44(30-39)48-45-31-43(36-16-8-3-9-17-36)40-18-10-11-19-41(40)46(42)45/h1-31H. The van der Waals surface area contributed by atoms with Crippen LogP contribution in [0.2, 0.25) is 0 Å². The van der Waals surface area contributed by atoms with Crippen molar-refractivity contribution < 1.29 is 4.42 Å². The second-order valence-electron chi connectivity index (χ2n) is 12.2. The van der Waals surface area contributed by atoms with Crippen LogP contribution >= 0.6 is 0 Å². The summed E-state index contributed by atoms with van der Waals surface area (Å²) >= 11 is 0. The Morgan fingerprint density at radius 3 is 1.33 bits per heavy atom. The van der Waals surface area contributed by atoms with Gasteiger partial charge in [-0.15, -0.1) is 0 Å². The highest BCUT2D eigenvalue weighted by Gasteiger charge is 2.18. The van der Waals surface area contributed by atoms with Gasteiger partial charge in [-0.3, -0.25) is 0 Å². The lowest BCUT2D eigenvalue weighted by atomic mass is 9.95. The molecule has 2 nitrogen and oxygen atoms in total. The van der Waals surface area contributed by atoms with Crippen LogP contribution < -0.4 is 4.90 Å². The van der Waals surface area contributed by atoms with Crippen LogP contribution in [0, 0.1) is 0 Å². The third kappa shape index (κ3) is 4.92. The second kappa shape index (κ2) is 11.8. The van der Waals surface area contributed by atoms with E-state index in [-0.39, 0.29) is 0 Å². The molecule has 0 aliphatic heterocycles. The molecule has 48 heavy (non-hydrogen) atoms. The molecular weight excluding hydrogens is 583 g/mol. The number of anilines is 3. The number of hydrogen-bond acceptors (Lipinski definition) is 2. The first-order valence-corrected chi connectivity index (χ1v) is 16.3. The average molecular weight is 614 g/mol. The fourth-order valence-corrected chi connectivity index (χ4v) is 6.94. The largest absolute Gasteiger partial charge is 0.456 e. The van der Waals surface area contributed by atoms with E-state index in [9.17, 15) is 0 Å². The van der Waals surface area contributed by atoms with Gasteiger partial charge in [-0.2, -0.15) is 0 Å². The van der Waals surface area contributed by atoms with Crippen LogP contribution in [-0.2, 0) is 0 Å². The Kier molecular flexibility index (Phi) is 6.84. The van der Waals surface area contributed by atoms with E-state index >= 15 is 0 Å². The highest BCUT2D eigenvalue weighted by molar-refractivity contribution is 6.22. The summed E-state index contributed by atoms with van der Waals surface area (Å²) in [6, 6.07) is 66.7. The third-order valence-electron chi connectivity index (χ3n) is 9.27. The van der Waals surface area contributed by atoms with Crippen molar-refractivity contribution >= 4 is 49.8 Å². The Morgan fingerprint density at radius 1 is 0.312 bits per heavy atom. The SMILES string of the molecule is c1ccc(-c2ccc(N(c3ccc(-c4ccccc4)cc3)c3ccc4c(c3)oc3cc(-c5ccccc5)c5ccccc5c34)cc2)cc1. The molecule has 0 atom stereocenters. The zero-order valence-electron chi connectivity index (χ0n) is 26.3. The summed E-state index contributed by atoms with van der Waals surface area (Å²) in [6.07, 6.45) is 0. The van der Waals surface area contributed by atoms with Crippen LogP contribution in [0.15, 0.2) is 192 Å². The van der Waals surface area contributed by atoms with Crippen molar-refractivity contribution in [3.8, 4) is 33.4 Å². The van der Waals surface area contributed by atoms with Crippen molar-refractivity contribution in [2.45, 2.75) is 0 Å². The number of hydrogen-bond donors (Lipinski definition) is 0. The Labute approximate surface area is 279 Å². The molecule has 0 N–H and O–H groups in total. The maximum atomic E-state index is 6.71. The summed E-state index contributed by atoms with van der Waals surface area (Å²) in [5.41, 5.74) is 12.1. The summed E-state index contributed by atoms with van der Waals surface area (Å²) in [5, 5.41) is 4.69. The third-order valence-corrected chi connectivity index (χ3v) is 9.27. The molecule has 226 valence electrons. The summed E-state index contributed by atoms with van der Waals surface area (Å²) in [5.74, 6) is 0. The molecule has 0 amide bonds. The fourth-order valence-electron chi connectivity index (χ4n) is 6.94. The van der Waals surface area contributed by atoms with Gasteiger partial charge in [-0.1, -0.05) is 140 Å². The lowest BCUT2D eigenvalue weighted by Crippen LogP contribution is -2.09. The topological polar surface area (TPSA) is 16.4 Å². The Hall–Kier alpha value is -6.38. The van der Waals surface area contributed by atoms with Gasteiger partial charge in [0, 0.05) is 33.9 Å². The van der Waals surface area contributed by atoms with E-state index in [1.165, 1.54) is 44.2 Å². The van der Waals surface area contributed by atoms with Gasteiger partial charge in [0.15, 0.2) is 0 Å². The van der Waals surface area contributed by atoms with E-state index in [0.29, 0.717) is 0 Å². The predicted molar refractivity (Wildman–Crippen MR) is 202 cm³/mol. The molecule has 8 aromatic carbocycles. The zero-order chi connectivity index (χ0) is 31.9. The molecule has 0 radical (unpaired) electrons. The van der Waals surface area contributed by atoms with Gasteiger partial charge >= 0.3 is 0 Å². The van der Waals surface area contributed by atoms with E-state index in [2.05, 4.69) is 193 Å². The summed E-state index contributed by atoms with van der Waals surface area (Å²) in [4.78, 5) is 2.31. The number of furan rings is 1. The van der Waals surface area contributed by atoms with Crippen molar-refractivity contribution in [1.29, 1.82) is 0 Å². The Bertz CT molecular complexity index is 2430. The van der Waals surface area contributed by atoms with Crippen LogP contribution in [0.1, 0.15) is 0 Å². The minimum absolute atomic E-state index is 0.865. The van der Waals surface area contributed by atoms with Gasteiger partial charge in [0.05, 0.1) is 0 Å². The zero-order valence-corrected chi connectivity index (χ0v) is 26.3. The first-order valence-electron chi connectivity index (χ1n) is 16.3. The molecule has 0 saturated heterocycles. The second-order valence-corrected chi connectivity index (χ2v) is 12.2. The van der Waals surface area contributed by atoms with Crippen molar-refractivity contribution in [1.82, 2.24) is 0 Å². The van der Waals surface area contributed by atoms with Gasteiger partial charge in [-0.05, 0) is 86.6 Å². The molecule has 1 aromatic heterocycles. The molecule has 0 aliphatic rings. The van der Waals surface area contributed by atoms with Gasteiger partial charge in [0.2, 0.25) is 0 Å². The summed E-state index contributed by atoms with van der Waals surface area (Å²) < 4.78 is 6.71. The van der Waals surface area contributed by atoms with Crippen LogP contribution in [0.5, 0.6) is 0 Å². The lowest BCUT2D eigenvalue weighted by Gasteiger charge is -2.26. The number of benzene rings is 8. The predicted octanol–water partition coefficient (Wildman–Crippen LogP) is 13.2. The normalized spacial score (nSPS) is 11.3. The van der Waals surface area contributed by atoms with Gasteiger partial charge < -0.3 is 9.32 Å². The molecular formula is C46H31NO. The first-order chi connectivity index (χ1) is 23.8. The van der Waals surface area contributed by atoms with Crippen molar-refractivity contribution in [3.63, 3.8) is 0 Å². The van der Waals surface area contributed by atoms with E-state index < -0.39 is 0 Å². The van der Waals surface area contributed by atoms with Gasteiger partial charge in [0.25, 0.3) is 0 Å². The van der Waals surface area contributed by atoms with Crippen LogP contribution in [-0.4, -0.2) is 0 Å². The molecule has 9 rings (SSSR count). The molecule has 2 heteroatoms. The number of fused-ring (bicyclic) bond motifs is 5. The Balaban J connectivity index is 1.20.